The molecule has 0 amide bonds. The molecule has 3 rings (SSSR count). The Morgan fingerprint density at radius 2 is 2.05 bits per heavy atom. The van der Waals surface area contributed by atoms with Crippen LogP contribution in [0.1, 0.15) is 0 Å². The monoisotopic (exact) mass is 398 g/mol. The van der Waals surface area contributed by atoms with Crippen LogP contribution in [0.15, 0.2) is 51.6 Å². The van der Waals surface area contributed by atoms with E-state index in [-0.39, 0.29) is 5.56 Å². The molecule has 3 aromatic rings. The number of para-hydroxylation sites is 1. The van der Waals surface area contributed by atoms with Crippen LogP contribution in [0.4, 0.5) is 0 Å². The zero-order valence-electron chi connectivity index (χ0n) is 9.89. The molecule has 100 valence electrons. The number of H-pyrrole nitrogens is 1. The molecule has 0 aliphatic carbocycles. The largest absolute Gasteiger partial charge is 0.312 e. The lowest BCUT2D eigenvalue weighted by molar-refractivity contribution is 0.755. The van der Waals surface area contributed by atoms with Crippen LogP contribution in [-0.4, -0.2) is 30.2 Å². The van der Waals surface area contributed by atoms with Crippen molar-refractivity contribution in [2.24, 2.45) is 0 Å². The number of aromatic nitrogens is 6. The molecular weight excluding hydrogens is 391 g/mol. The highest BCUT2D eigenvalue weighted by Gasteiger charge is 2.14. The highest BCUT2D eigenvalue weighted by molar-refractivity contribution is 14.1. The lowest BCUT2D eigenvalue weighted by Gasteiger charge is -2.03. The lowest BCUT2D eigenvalue weighted by atomic mass is 10.3. The molecule has 9 heteroatoms. The predicted octanol–water partition coefficient (Wildman–Crippen LogP) is 1.50. The van der Waals surface area contributed by atoms with Gasteiger partial charge in [-0.05, 0) is 56.9 Å². The van der Waals surface area contributed by atoms with E-state index in [9.17, 15) is 4.79 Å². The molecule has 0 fully saturated rings. The summed E-state index contributed by atoms with van der Waals surface area (Å²) in [7, 11) is 0. The molecule has 7 nitrogen and oxygen atoms in total. The van der Waals surface area contributed by atoms with Crippen molar-refractivity contribution in [2.75, 3.05) is 0 Å². The third kappa shape index (κ3) is 2.58. The Hall–Kier alpha value is -1.75. The van der Waals surface area contributed by atoms with Gasteiger partial charge in [0.15, 0.2) is 0 Å². The Bertz CT molecular complexity index is 787. The quantitative estimate of drug-likeness (QED) is 0.532. The summed E-state index contributed by atoms with van der Waals surface area (Å²) in [6.07, 6.45) is 1.36. The number of nitrogens with one attached hydrogen (secondary N) is 1. The summed E-state index contributed by atoms with van der Waals surface area (Å²) < 4.78 is 2.11. The fourth-order valence-corrected chi connectivity index (χ4v) is 2.89. The van der Waals surface area contributed by atoms with Gasteiger partial charge in [-0.1, -0.05) is 18.2 Å². The van der Waals surface area contributed by atoms with Crippen LogP contribution in [0.2, 0.25) is 0 Å². The predicted molar refractivity (Wildman–Crippen MR) is 80.9 cm³/mol. The normalized spacial score (nSPS) is 10.7. The Balaban J connectivity index is 1.99. The minimum absolute atomic E-state index is 0.179. The van der Waals surface area contributed by atoms with E-state index in [4.69, 9.17) is 0 Å². The lowest BCUT2D eigenvalue weighted by Crippen LogP contribution is -2.11. The molecular formula is C11H7IN6OS. The van der Waals surface area contributed by atoms with Crippen molar-refractivity contribution in [2.45, 2.75) is 10.2 Å². The second-order valence-electron chi connectivity index (χ2n) is 3.66. The van der Waals surface area contributed by atoms with Gasteiger partial charge < -0.3 is 4.98 Å². The maximum absolute atomic E-state index is 11.5. The van der Waals surface area contributed by atoms with E-state index >= 15 is 0 Å². The molecule has 1 N–H and O–H groups in total. The first-order valence-corrected chi connectivity index (χ1v) is 7.40. The Morgan fingerprint density at radius 3 is 2.85 bits per heavy atom. The van der Waals surface area contributed by atoms with Crippen molar-refractivity contribution in [3.05, 3.63) is 50.6 Å². The van der Waals surface area contributed by atoms with Crippen molar-refractivity contribution >= 4 is 34.4 Å². The van der Waals surface area contributed by atoms with Gasteiger partial charge in [-0.25, -0.2) is 4.98 Å². The number of hydrogen-bond donors (Lipinski definition) is 1. The Kier molecular flexibility index (Phi) is 3.78. The number of hydrogen-bond acceptors (Lipinski definition) is 6. The number of rotatable bonds is 3. The van der Waals surface area contributed by atoms with E-state index < -0.39 is 0 Å². The van der Waals surface area contributed by atoms with Gasteiger partial charge in [0.25, 0.3) is 5.56 Å². The highest BCUT2D eigenvalue weighted by Crippen LogP contribution is 2.26. The number of benzene rings is 1. The molecule has 0 aliphatic rings. The molecule has 0 spiro atoms. The smallest absolute Gasteiger partial charge is 0.265 e. The molecule has 1 aromatic carbocycles. The van der Waals surface area contributed by atoms with Crippen molar-refractivity contribution < 1.29 is 0 Å². The molecule has 2 aromatic heterocycles. The third-order valence-corrected chi connectivity index (χ3v) is 4.70. The third-order valence-electron chi connectivity index (χ3n) is 2.39. The molecule has 0 atom stereocenters. The molecule has 0 bridgehead atoms. The number of tetrazole rings is 1. The standard InChI is InChI=1S/C11H7IN6OS/c12-8-9(19)13-6-14-10(8)20-11-15-16-17-18(11)7-4-2-1-3-5-7/h1-6H,(H,13,14,19). The Morgan fingerprint density at radius 1 is 1.25 bits per heavy atom. The van der Waals surface area contributed by atoms with Crippen LogP contribution in [-0.2, 0) is 0 Å². The van der Waals surface area contributed by atoms with Gasteiger partial charge in [0.05, 0.1) is 12.0 Å². The highest BCUT2D eigenvalue weighted by atomic mass is 127. The summed E-state index contributed by atoms with van der Waals surface area (Å²) in [5.74, 6) is 0. The summed E-state index contributed by atoms with van der Waals surface area (Å²) in [5.41, 5.74) is 0.668. The fraction of sp³-hybridized carbons (Fsp3) is 0. The van der Waals surface area contributed by atoms with E-state index in [1.54, 1.807) is 4.68 Å². The number of halogens is 1. The van der Waals surface area contributed by atoms with Crippen LogP contribution in [0, 0.1) is 3.57 Å². The molecule has 2 heterocycles. The molecule has 0 unspecified atom stereocenters. The second kappa shape index (κ2) is 5.71. The van der Waals surface area contributed by atoms with Crippen molar-refractivity contribution in [1.82, 2.24) is 30.2 Å². The van der Waals surface area contributed by atoms with Crippen LogP contribution >= 0.6 is 34.4 Å². The minimum atomic E-state index is -0.179. The van der Waals surface area contributed by atoms with Crippen LogP contribution < -0.4 is 5.56 Å². The first kappa shape index (κ1) is 13.2. The number of nitrogens with zero attached hydrogens (tertiary/aromatic N) is 5. The minimum Gasteiger partial charge on any atom is -0.312 e. The maximum Gasteiger partial charge on any atom is 0.265 e. The molecule has 0 saturated heterocycles. The molecule has 0 radical (unpaired) electrons. The first-order valence-electron chi connectivity index (χ1n) is 5.50. The maximum atomic E-state index is 11.5. The van der Waals surface area contributed by atoms with Gasteiger partial charge in [0.2, 0.25) is 5.16 Å². The topological polar surface area (TPSA) is 89.3 Å². The Labute approximate surface area is 131 Å². The van der Waals surface area contributed by atoms with Gasteiger partial charge in [-0.3, -0.25) is 4.79 Å². The van der Waals surface area contributed by atoms with Gasteiger partial charge in [0, 0.05) is 0 Å². The zero-order valence-corrected chi connectivity index (χ0v) is 12.9. The average molecular weight is 398 g/mol. The van der Waals surface area contributed by atoms with E-state index in [1.165, 1.54) is 18.1 Å². The van der Waals surface area contributed by atoms with Crippen molar-refractivity contribution in [1.29, 1.82) is 0 Å². The molecule has 0 saturated carbocycles. The van der Waals surface area contributed by atoms with Gasteiger partial charge in [-0.2, -0.15) is 4.68 Å². The van der Waals surface area contributed by atoms with Crippen LogP contribution in [0.25, 0.3) is 5.69 Å². The fourth-order valence-electron chi connectivity index (χ4n) is 1.50. The summed E-state index contributed by atoms with van der Waals surface area (Å²) in [6, 6.07) is 9.52. The molecule has 20 heavy (non-hydrogen) atoms. The summed E-state index contributed by atoms with van der Waals surface area (Å²) >= 11 is 3.20. The summed E-state index contributed by atoms with van der Waals surface area (Å²) in [5, 5.41) is 12.7. The zero-order chi connectivity index (χ0) is 13.9. The number of aromatic amines is 1. The van der Waals surface area contributed by atoms with Gasteiger partial charge >= 0.3 is 0 Å². The van der Waals surface area contributed by atoms with E-state index in [1.807, 2.05) is 52.9 Å². The average Bonchev–Trinajstić information content (AvgIpc) is 2.93. The second-order valence-corrected chi connectivity index (χ2v) is 5.70. The summed E-state index contributed by atoms with van der Waals surface area (Å²) in [6.45, 7) is 0. The van der Waals surface area contributed by atoms with E-state index in [0.29, 0.717) is 13.8 Å². The van der Waals surface area contributed by atoms with Gasteiger partial charge in [-0.15, -0.1) is 5.10 Å². The first-order chi connectivity index (χ1) is 9.75. The SMILES string of the molecule is O=c1[nH]cnc(Sc2nnnn2-c2ccccc2)c1I. The van der Waals surface area contributed by atoms with Crippen LogP contribution in [0.3, 0.4) is 0 Å². The molecule has 0 aliphatic heterocycles. The van der Waals surface area contributed by atoms with Gasteiger partial charge in [0.1, 0.15) is 8.60 Å². The van der Waals surface area contributed by atoms with E-state index in [0.717, 1.165) is 5.69 Å². The van der Waals surface area contributed by atoms with Crippen molar-refractivity contribution in [3.63, 3.8) is 0 Å². The van der Waals surface area contributed by atoms with Crippen molar-refractivity contribution in [3.8, 4) is 5.69 Å². The summed E-state index contributed by atoms with van der Waals surface area (Å²) in [4.78, 5) is 18.2. The van der Waals surface area contributed by atoms with E-state index in [2.05, 4.69) is 25.5 Å². The van der Waals surface area contributed by atoms with Crippen LogP contribution in [0.5, 0.6) is 0 Å².